The fraction of sp³-hybridized carbons (Fsp3) is 0.440. The lowest BCUT2D eigenvalue weighted by molar-refractivity contribution is -0.120. The van der Waals surface area contributed by atoms with Crippen molar-refractivity contribution in [2.24, 2.45) is 5.92 Å². The molecule has 184 valence electrons. The maximum absolute atomic E-state index is 12.9. The number of anilines is 1. The minimum Gasteiger partial charge on any atom is -0.383 e. The van der Waals surface area contributed by atoms with E-state index >= 15 is 0 Å². The van der Waals surface area contributed by atoms with Crippen LogP contribution in [0.15, 0.2) is 54.6 Å². The molecule has 1 aliphatic rings. The van der Waals surface area contributed by atoms with Crippen LogP contribution in [0.3, 0.4) is 0 Å². The second kappa shape index (κ2) is 12.6. The normalized spacial score (nSPS) is 15.1. The zero-order valence-corrected chi connectivity index (χ0v) is 20.4. The lowest BCUT2D eigenvalue weighted by Crippen LogP contribution is -2.42. The van der Waals surface area contributed by atoms with Gasteiger partial charge >= 0.3 is 0 Å². The average molecular weight is 488 g/mol. The molecule has 0 unspecified atom stereocenters. The van der Waals surface area contributed by atoms with E-state index in [2.05, 4.69) is 10.6 Å². The molecule has 0 atom stereocenters. The van der Waals surface area contributed by atoms with Crippen LogP contribution in [0.1, 0.15) is 35.2 Å². The largest absolute Gasteiger partial charge is 0.383 e. The molecule has 0 aromatic heterocycles. The maximum Gasteiger partial charge on any atom is 0.253 e. The molecule has 9 heteroatoms. The van der Waals surface area contributed by atoms with Crippen LogP contribution in [0.4, 0.5) is 5.69 Å². The first-order chi connectivity index (χ1) is 16.4. The summed E-state index contributed by atoms with van der Waals surface area (Å²) in [4.78, 5) is 25.3. The third kappa shape index (κ3) is 7.38. The molecule has 0 bridgehead atoms. The molecule has 2 aromatic carbocycles. The molecule has 0 radical (unpaired) electrons. The van der Waals surface area contributed by atoms with Crippen LogP contribution in [0.5, 0.6) is 0 Å². The molecule has 2 aromatic rings. The fourth-order valence-electron chi connectivity index (χ4n) is 4.02. The number of para-hydroxylation sites is 1. The third-order valence-corrected chi connectivity index (χ3v) is 7.91. The molecule has 1 saturated heterocycles. The lowest BCUT2D eigenvalue weighted by Gasteiger charge is -2.30. The number of aryl methyl sites for hydroxylation is 1. The highest BCUT2D eigenvalue weighted by atomic mass is 32.2. The number of benzene rings is 2. The van der Waals surface area contributed by atoms with Crippen LogP contribution >= 0.6 is 0 Å². The Kier molecular flexibility index (Phi) is 9.62. The standard InChI is InChI=1S/C25H33N3O5S/c1-33-18-15-26-25(30)22-11-5-6-12-23(22)27-24(29)21-13-16-28(17-14-21)34(31,32)19-7-10-20-8-3-2-4-9-20/h2-6,8-9,11-12,21H,7,10,13-19H2,1H3,(H,26,30)(H,27,29). The van der Waals surface area contributed by atoms with Crippen molar-refractivity contribution in [1.82, 2.24) is 9.62 Å². The zero-order chi connectivity index (χ0) is 24.4. The maximum atomic E-state index is 12.9. The number of sulfonamides is 1. The SMILES string of the molecule is COCCNC(=O)c1ccccc1NC(=O)C1CCN(S(=O)(=O)CCCc2ccccc2)CC1. The summed E-state index contributed by atoms with van der Waals surface area (Å²) in [6.07, 6.45) is 2.19. The van der Waals surface area contributed by atoms with Crippen molar-refractivity contribution in [2.75, 3.05) is 44.4 Å². The van der Waals surface area contributed by atoms with Crippen molar-refractivity contribution in [1.29, 1.82) is 0 Å². The van der Waals surface area contributed by atoms with Crippen molar-refractivity contribution in [3.8, 4) is 0 Å². The number of methoxy groups -OCH3 is 1. The number of carbonyl (C=O) groups excluding carboxylic acids is 2. The van der Waals surface area contributed by atoms with Crippen LogP contribution < -0.4 is 10.6 Å². The van der Waals surface area contributed by atoms with Gasteiger partial charge < -0.3 is 15.4 Å². The Balaban J connectivity index is 1.49. The summed E-state index contributed by atoms with van der Waals surface area (Å²) in [5.41, 5.74) is 1.95. The number of piperidine rings is 1. The number of hydrogen-bond acceptors (Lipinski definition) is 5. The van der Waals surface area contributed by atoms with Crippen molar-refractivity contribution in [3.63, 3.8) is 0 Å². The molecule has 34 heavy (non-hydrogen) atoms. The molecule has 3 rings (SSSR count). The van der Waals surface area contributed by atoms with Crippen molar-refractivity contribution < 1.29 is 22.7 Å². The van der Waals surface area contributed by atoms with E-state index in [-0.39, 0.29) is 23.5 Å². The third-order valence-electron chi connectivity index (χ3n) is 5.95. The molecule has 0 aliphatic carbocycles. The van der Waals surface area contributed by atoms with Gasteiger partial charge in [0.2, 0.25) is 15.9 Å². The fourth-order valence-corrected chi connectivity index (χ4v) is 5.55. The summed E-state index contributed by atoms with van der Waals surface area (Å²) >= 11 is 0. The molecular weight excluding hydrogens is 454 g/mol. The summed E-state index contributed by atoms with van der Waals surface area (Å²) < 4.78 is 31.9. The molecule has 1 aliphatic heterocycles. The average Bonchev–Trinajstić information content (AvgIpc) is 2.85. The molecule has 0 saturated carbocycles. The highest BCUT2D eigenvalue weighted by molar-refractivity contribution is 7.89. The molecule has 8 nitrogen and oxygen atoms in total. The Morgan fingerprint density at radius 1 is 1.03 bits per heavy atom. The van der Waals surface area contributed by atoms with Crippen LogP contribution in [0.2, 0.25) is 0 Å². The van der Waals surface area contributed by atoms with E-state index < -0.39 is 10.0 Å². The molecular formula is C25H33N3O5S. The highest BCUT2D eigenvalue weighted by Crippen LogP contribution is 2.23. The van der Waals surface area contributed by atoms with Crippen molar-refractivity contribution in [3.05, 3.63) is 65.7 Å². The molecule has 2 N–H and O–H groups in total. The van der Waals surface area contributed by atoms with E-state index in [0.717, 1.165) is 12.0 Å². The van der Waals surface area contributed by atoms with E-state index in [1.807, 2.05) is 30.3 Å². The van der Waals surface area contributed by atoms with Gasteiger partial charge in [0.15, 0.2) is 0 Å². The van der Waals surface area contributed by atoms with Gasteiger partial charge in [0.1, 0.15) is 0 Å². The predicted octanol–water partition coefficient (Wildman–Crippen LogP) is 2.68. The van der Waals surface area contributed by atoms with Gasteiger partial charge in [-0.25, -0.2) is 12.7 Å². The molecule has 1 fully saturated rings. The summed E-state index contributed by atoms with van der Waals surface area (Å²) in [5, 5.41) is 5.61. The summed E-state index contributed by atoms with van der Waals surface area (Å²) in [6, 6.07) is 16.7. The number of hydrogen-bond donors (Lipinski definition) is 2. The Morgan fingerprint density at radius 2 is 1.71 bits per heavy atom. The number of ether oxygens (including phenoxy) is 1. The van der Waals surface area contributed by atoms with E-state index in [1.165, 1.54) is 4.31 Å². The quantitative estimate of drug-likeness (QED) is 0.474. The van der Waals surface area contributed by atoms with Crippen molar-refractivity contribution in [2.45, 2.75) is 25.7 Å². The van der Waals surface area contributed by atoms with E-state index in [0.29, 0.717) is 56.8 Å². The van der Waals surface area contributed by atoms with Crippen LogP contribution in [-0.2, 0) is 26.0 Å². The second-order valence-corrected chi connectivity index (χ2v) is 10.5. The first kappa shape index (κ1) is 25.9. The Hall–Kier alpha value is -2.75. The topological polar surface area (TPSA) is 105 Å². The van der Waals surface area contributed by atoms with E-state index in [4.69, 9.17) is 4.74 Å². The van der Waals surface area contributed by atoms with Gasteiger partial charge in [0.05, 0.1) is 23.6 Å². The summed E-state index contributed by atoms with van der Waals surface area (Å²) in [7, 11) is -1.79. The van der Waals surface area contributed by atoms with E-state index in [9.17, 15) is 18.0 Å². The zero-order valence-electron chi connectivity index (χ0n) is 19.5. The van der Waals surface area contributed by atoms with Crippen LogP contribution in [-0.4, -0.2) is 63.6 Å². The smallest absolute Gasteiger partial charge is 0.253 e. The first-order valence-corrected chi connectivity index (χ1v) is 13.2. The number of carbonyl (C=O) groups is 2. The number of nitrogens with one attached hydrogen (secondary N) is 2. The minimum absolute atomic E-state index is 0.102. The molecule has 0 spiro atoms. The number of amides is 2. The molecule has 1 heterocycles. The van der Waals surface area contributed by atoms with Gasteiger partial charge in [-0.15, -0.1) is 0 Å². The number of nitrogens with zero attached hydrogens (tertiary/aromatic N) is 1. The van der Waals surface area contributed by atoms with Gasteiger partial charge in [0, 0.05) is 32.7 Å². The van der Waals surface area contributed by atoms with Gasteiger partial charge in [-0.1, -0.05) is 42.5 Å². The first-order valence-electron chi connectivity index (χ1n) is 11.6. The Bertz CT molecular complexity index is 1050. The monoisotopic (exact) mass is 487 g/mol. The predicted molar refractivity (Wildman–Crippen MR) is 132 cm³/mol. The van der Waals surface area contributed by atoms with Crippen LogP contribution in [0, 0.1) is 5.92 Å². The summed E-state index contributed by atoms with van der Waals surface area (Å²) in [6.45, 7) is 1.42. The number of rotatable bonds is 11. The van der Waals surface area contributed by atoms with Gasteiger partial charge in [-0.05, 0) is 43.4 Å². The van der Waals surface area contributed by atoms with Crippen molar-refractivity contribution >= 4 is 27.5 Å². The van der Waals surface area contributed by atoms with Gasteiger partial charge in [-0.2, -0.15) is 0 Å². The Labute approximate surface area is 201 Å². The minimum atomic E-state index is -3.35. The van der Waals surface area contributed by atoms with E-state index in [1.54, 1.807) is 31.4 Å². The van der Waals surface area contributed by atoms with Crippen LogP contribution in [0.25, 0.3) is 0 Å². The highest BCUT2D eigenvalue weighted by Gasteiger charge is 2.31. The molecule has 2 amide bonds. The lowest BCUT2D eigenvalue weighted by atomic mass is 9.97. The summed E-state index contributed by atoms with van der Waals surface area (Å²) in [5.74, 6) is -0.687. The second-order valence-electron chi connectivity index (χ2n) is 8.36. The Morgan fingerprint density at radius 3 is 2.41 bits per heavy atom. The van der Waals surface area contributed by atoms with Gasteiger partial charge in [0.25, 0.3) is 5.91 Å². The van der Waals surface area contributed by atoms with Gasteiger partial charge in [-0.3, -0.25) is 9.59 Å².